The summed E-state index contributed by atoms with van der Waals surface area (Å²) in [4.78, 5) is 2.32. The molecule has 0 saturated carbocycles. The summed E-state index contributed by atoms with van der Waals surface area (Å²) in [5, 5.41) is 8.72. The summed E-state index contributed by atoms with van der Waals surface area (Å²) >= 11 is 0. The number of hydrogen-bond acceptors (Lipinski definition) is 4. The lowest BCUT2D eigenvalue weighted by Crippen LogP contribution is -2.46. The van der Waals surface area contributed by atoms with E-state index in [0.717, 1.165) is 32.5 Å². The van der Waals surface area contributed by atoms with Crippen molar-refractivity contribution >= 4 is 10.0 Å². The first kappa shape index (κ1) is 13.9. The van der Waals surface area contributed by atoms with Crippen molar-refractivity contribution in [2.75, 3.05) is 39.0 Å². The van der Waals surface area contributed by atoms with Crippen molar-refractivity contribution in [2.45, 2.75) is 25.8 Å². The smallest absolute Gasteiger partial charge is 0.216 e. The van der Waals surface area contributed by atoms with Crippen LogP contribution in [-0.2, 0) is 10.0 Å². The lowest BCUT2D eigenvalue weighted by Gasteiger charge is -2.35. The van der Waals surface area contributed by atoms with Gasteiger partial charge in [-0.15, -0.1) is 0 Å². The van der Waals surface area contributed by atoms with E-state index in [0.29, 0.717) is 0 Å². The molecule has 0 radical (unpaired) electrons. The van der Waals surface area contributed by atoms with Gasteiger partial charge in [0.25, 0.3) is 0 Å². The number of sulfonamides is 1. The fraction of sp³-hybridized carbons (Fsp3) is 1.00. The molecule has 16 heavy (non-hydrogen) atoms. The number of hydrogen-bond donors (Lipinski definition) is 1. The maximum absolute atomic E-state index is 11.7. The first-order chi connectivity index (χ1) is 7.51. The highest BCUT2D eigenvalue weighted by Gasteiger charge is 2.28. The standard InChI is InChI=1S/C10H22N2O3S/c1-3-12-6-4-10(5-7-12)11(2)16(14,15)9-8-13/h10,13H,3-9H2,1-2H3. The lowest BCUT2D eigenvalue weighted by atomic mass is 10.1. The summed E-state index contributed by atoms with van der Waals surface area (Å²) in [6, 6.07) is 0.0966. The predicted molar refractivity (Wildman–Crippen MR) is 63.8 cm³/mol. The highest BCUT2D eigenvalue weighted by molar-refractivity contribution is 7.89. The van der Waals surface area contributed by atoms with E-state index in [9.17, 15) is 8.42 Å². The topological polar surface area (TPSA) is 60.9 Å². The molecule has 0 amide bonds. The first-order valence-electron chi connectivity index (χ1n) is 5.80. The van der Waals surface area contributed by atoms with Crippen molar-refractivity contribution in [2.24, 2.45) is 0 Å². The SMILES string of the molecule is CCN1CCC(N(C)S(=O)(=O)CCO)CC1. The molecule has 1 aliphatic rings. The van der Waals surface area contributed by atoms with Crippen LogP contribution in [-0.4, -0.2) is 67.8 Å². The van der Waals surface area contributed by atoms with Crippen LogP contribution < -0.4 is 0 Å². The van der Waals surface area contributed by atoms with Crippen molar-refractivity contribution in [1.82, 2.24) is 9.21 Å². The molecule has 0 aromatic carbocycles. The van der Waals surface area contributed by atoms with E-state index < -0.39 is 10.0 Å². The van der Waals surface area contributed by atoms with Crippen molar-refractivity contribution in [1.29, 1.82) is 0 Å². The van der Waals surface area contributed by atoms with Crippen LogP contribution in [0.1, 0.15) is 19.8 Å². The van der Waals surface area contributed by atoms with Gasteiger partial charge in [-0.05, 0) is 32.5 Å². The molecule has 1 fully saturated rings. The molecule has 0 aromatic heterocycles. The van der Waals surface area contributed by atoms with Crippen LogP contribution in [0.3, 0.4) is 0 Å². The summed E-state index contributed by atoms with van der Waals surface area (Å²) in [7, 11) is -1.65. The third-order valence-electron chi connectivity index (χ3n) is 3.31. The van der Waals surface area contributed by atoms with E-state index in [2.05, 4.69) is 11.8 Å². The van der Waals surface area contributed by atoms with E-state index in [1.807, 2.05) is 0 Å². The van der Waals surface area contributed by atoms with Crippen molar-refractivity contribution in [3.05, 3.63) is 0 Å². The van der Waals surface area contributed by atoms with Gasteiger partial charge in [-0.25, -0.2) is 12.7 Å². The van der Waals surface area contributed by atoms with E-state index in [1.165, 1.54) is 4.31 Å². The Morgan fingerprint density at radius 3 is 2.38 bits per heavy atom. The van der Waals surface area contributed by atoms with Crippen LogP contribution in [0.2, 0.25) is 0 Å². The number of piperidine rings is 1. The van der Waals surface area contributed by atoms with Gasteiger partial charge < -0.3 is 10.0 Å². The van der Waals surface area contributed by atoms with E-state index >= 15 is 0 Å². The van der Waals surface area contributed by atoms with Crippen LogP contribution >= 0.6 is 0 Å². The second kappa shape index (κ2) is 5.95. The fourth-order valence-electron chi connectivity index (χ4n) is 2.09. The number of likely N-dealkylation sites (tertiary alicyclic amines) is 1. The molecule has 1 N–H and O–H groups in total. The molecule has 0 bridgehead atoms. The van der Waals surface area contributed by atoms with Gasteiger partial charge in [-0.3, -0.25) is 0 Å². The molecular weight excluding hydrogens is 228 g/mol. The molecule has 0 aliphatic carbocycles. The molecule has 5 nitrogen and oxygen atoms in total. The largest absolute Gasteiger partial charge is 0.395 e. The Hall–Kier alpha value is -0.170. The summed E-state index contributed by atoms with van der Waals surface area (Å²) in [6.45, 7) is 4.76. The second-order valence-corrected chi connectivity index (χ2v) is 6.37. The number of aliphatic hydroxyl groups excluding tert-OH is 1. The van der Waals surface area contributed by atoms with E-state index in [4.69, 9.17) is 5.11 Å². The average molecular weight is 250 g/mol. The molecule has 1 saturated heterocycles. The molecule has 1 aliphatic heterocycles. The highest BCUT2D eigenvalue weighted by Crippen LogP contribution is 2.17. The summed E-state index contributed by atoms with van der Waals surface area (Å²) in [5.74, 6) is -0.169. The van der Waals surface area contributed by atoms with Crippen LogP contribution in [0.5, 0.6) is 0 Å². The van der Waals surface area contributed by atoms with Crippen LogP contribution in [0.25, 0.3) is 0 Å². The Labute approximate surface area is 98.1 Å². The Bertz CT molecular complexity index is 297. The van der Waals surface area contributed by atoms with Crippen molar-refractivity contribution < 1.29 is 13.5 Å². The zero-order valence-electron chi connectivity index (χ0n) is 10.1. The van der Waals surface area contributed by atoms with Gasteiger partial charge in [0.1, 0.15) is 0 Å². The first-order valence-corrected chi connectivity index (χ1v) is 7.41. The second-order valence-electron chi connectivity index (χ2n) is 4.22. The lowest BCUT2D eigenvalue weighted by molar-refractivity contribution is 0.176. The van der Waals surface area contributed by atoms with Crippen LogP contribution in [0, 0.1) is 0 Å². The minimum absolute atomic E-state index is 0.0966. The Balaban J connectivity index is 2.53. The maximum Gasteiger partial charge on any atom is 0.216 e. The molecule has 96 valence electrons. The molecule has 1 rings (SSSR count). The molecular formula is C10H22N2O3S. The van der Waals surface area contributed by atoms with Crippen molar-refractivity contribution in [3.63, 3.8) is 0 Å². The van der Waals surface area contributed by atoms with Gasteiger partial charge in [0.15, 0.2) is 0 Å². The quantitative estimate of drug-likeness (QED) is 0.729. The third kappa shape index (κ3) is 3.41. The van der Waals surface area contributed by atoms with Gasteiger partial charge in [0.2, 0.25) is 10.0 Å². The average Bonchev–Trinajstić information content (AvgIpc) is 2.28. The van der Waals surface area contributed by atoms with Crippen LogP contribution in [0.4, 0.5) is 0 Å². The van der Waals surface area contributed by atoms with Gasteiger partial charge in [-0.1, -0.05) is 6.92 Å². The zero-order valence-corrected chi connectivity index (χ0v) is 10.9. The molecule has 6 heteroatoms. The predicted octanol–water partition coefficient (Wildman–Crippen LogP) is -0.275. The Morgan fingerprint density at radius 1 is 1.38 bits per heavy atom. The van der Waals surface area contributed by atoms with Gasteiger partial charge in [0, 0.05) is 13.1 Å². The Morgan fingerprint density at radius 2 is 1.94 bits per heavy atom. The number of rotatable bonds is 5. The number of aliphatic hydroxyl groups is 1. The monoisotopic (exact) mass is 250 g/mol. The number of nitrogens with zero attached hydrogens (tertiary/aromatic N) is 2. The van der Waals surface area contributed by atoms with E-state index in [-0.39, 0.29) is 18.4 Å². The van der Waals surface area contributed by atoms with Crippen LogP contribution in [0.15, 0.2) is 0 Å². The molecule has 0 aromatic rings. The molecule has 0 unspecified atom stereocenters. The highest BCUT2D eigenvalue weighted by atomic mass is 32.2. The summed E-state index contributed by atoms with van der Waals surface area (Å²) < 4.78 is 24.9. The Kier molecular flexibility index (Phi) is 5.17. The van der Waals surface area contributed by atoms with Gasteiger partial charge >= 0.3 is 0 Å². The minimum Gasteiger partial charge on any atom is -0.395 e. The van der Waals surface area contributed by atoms with E-state index in [1.54, 1.807) is 7.05 Å². The minimum atomic E-state index is -3.27. The summed E-state index contributed by atoms with van der Waals surface area (Å²) in [6.07, 6.45) is 1.77. The van der Waals surface area contributed by atoms with Gasteiger partial charge in [0.05, 0.1) is 12.4 Å². The maximum atomic E-state index is 11.7. The molecule has 1 heterocycles. The fourth-order valence-corrected chi connectivity index (χ4v) is 3.27. The normalized spacial score (nSPS) is 20.5. The molecule has 0 atom stereocenters. The zero-order chi connectivity index (χ0) is 12.2. The molecule has 0 spiro atoms. The third-order valence-corrected chi connectivity index (χ3v) is 5.18. The van der Waals surface area contributed by atoms with Gasteiger partial charge in [-0.2, -0.15) is 0 Å². The summed E-state index contributed by atoms with van der Waals surface area (Å²) in [5.41, 5.74) is 0. The van der Waals surface area contributed by atoms with Crippen molar-refractivity contribution in [3.8, 4) is 0 Å².